The lowest BCUT2D eigenvalue weighted by molar-refractivity contribution is -0.908. The molecule has 1 heterocycles. The summed E-state index contributed by atoms with van der Waals surface area (Å²) < 4.78 is 11.0. The van der Waals surface area contributed by atoms with Crippen molar-refractivity contribution in [3.05, 3.63) is 29.3 Å². The van der Waals surface area contributed by atoms with Crippen LogP contribution in [0.1, 0.15) is 19.3 Å². The molecule has 0 radical (unpaired) electrons. The van der Waals surface area contributed by atoms with Crippen LogP contribution >= 0.6 is 11.6 Å². The Kier molecular flexibility index (Phi) is 6.48. The number of para-hydroxylation sites is 1. The number of quaternary nitrogens is 1. The van der Waals surface area contributed by atoms with Crippen molar-refractivity contribution in [1.29, 1.82) is 0 Å². The van der Waals surface area contributed by atoms with E-state index in [4.69, 9.17) is 21.1 Å². The van der Waals surface area contributed by atoms with Gasteiger partial charge in [0.1, 0.15) is 18.8 Å². The van der Waals surface area contributed by atoms with Gasteiger partial charge in [-0.2, -0.15) is 0 Å². The van der Waals surface area contributed by atoms with Crippen molar-refractivity contribution < 1.29 is 14.4 Å². The summed E-state index contributed by atoms with van der Waals surface area (Å²) in [6, 6.07) is 7.64. The highest BCUT2D eigenvalue weighted by Crippen LogP contribution is 2.23. The van der Waals surface area contributed by atoms with E-state index in [1.54, 1.807) is 4.90 Å². The molecular weight excluding hydrogens is 262 g/mol. The second-order valence-corrected chi connectivity index (χ2v) is 5.36. The van der Waals surface area contributed by atoms with Crippen molar-refractivity contribution in [3.63, 3.8) is 0 Å². The molecule has 1 fully saturated rings. The van der Waals surface area contributed by atoms with Gasteiger partial charge in [0.2, 0.25) is 0 Å². The standard InChI is InChI=1S/C15H22ClNO2/c16-14-6-2-3-7-15(14)19-11-5-1-4-8-17-9-12-18-13-10-17/h2-3,6-7H,1,4-5,8-13H2/p+1. The molecule has 0 saturated carbocycles. The summed E-state index contributed by atoms with van der Waals surface area (Å²) in [6.45, 7) is 6.18. The first-order valence-corrected chi connectivity index (χ1v) is 7.53. The predicted molar refractivity (Wildman–Crippen MR) is 77.2 cm³/mol. The summed E-state index contributed by atoms with van der Waals surface area (Å²) in [5.41, 5.74) is 0. The summed E-state index contributed by atoms with van der Waals surface area (Å²) in [5, 5.41) is 0.695. The number of halogens is 1. The van der Waals surface area contributed by atoms with Gasteiger partial charge in [0.05, 0.1) is 31.4 Å². The zero-order valence-corrected chi connectivity index (χ0v) is 12.1. The first-order chi connectivity index (χ1) is 9.36. The van der Waals surface area contributed by atoms with Crippen molar-refractivity contribution in [2.45, 2.75) is 19.3 Å². The van der Waals surface area contributed by atoms with Gasteiger partial charge in [0.25, 0.3) is 0 Å². The van der Waals surface area contributed by atoms with Crippen molar-refractivity contribution >= 4 is 11.6 Å². The number of benzene rings is 1. The van der Waals surface area contributed by atoms with E-state index in [1.807, 2.05) is 24.3 Å². The second-order valence-electron chi connectivity index (χ2n) is 4.95. The third-order valence-corrected chi connectivity index (χ3v) is 3.78. The maximum Gasteiger partial charge on any atom is 0.137 e. The zero-order chi connectivity index (χ0) is 13.3. The number of ether oxygens (including phenoxy) is 2. The molecule has 106 valence electrons. The van der Waals surface area contributed by atoms with Gasteiger partial charge in [-0.1, -0.05) is 23.7 Å². The summed E-state index contributed by atoms with van der Waals surface area (Å²) in [4.78, 5) is 1.68. The Hall–Kier alpha value is -0.770. The second kappa shape index (κ2) is 8.41. The first kappa shape index (κ1) is 14.6. The normalized spacial score (nSPS) is 16.5. The molecule has 4 heteroatoms. The molecule has 1 aliphatic rings. The lowest BCUT2D eigenvalue weighted by Gasteiger charge is -2.23. The van der Waals surface area contributed by atoms with E-state index in [0.29, 0.717) is 5.02 Å². The van der Waals surface area contributed by atoms with Crippen LogP contribution in [0.3, 0.4) is 0 Å². The van der Waals surface area contributed by atoms with E-state index < -0.39 is 0 Å². The highest BCUT2D eigenvalue weighted by molar-refractivity contribution is 6.32. The minimum atomic E-state index is 0.695. The smallest absolute Gasteiger partial charge is 0.137 e. The molecule has 0 unspecified atom stereocenters. The Balaban J connectivity index is 1.51. The number of rotatable bonds is 7. The molecule has 1 N–H and O–H groups in total. The maximum absolute atomic E-state index is 6.03. The monoisotopic (exact) mass is 284 g/mol. The van der Waals surface area contributed by atoms with Crippen LogP contribution in [0.2, 0.25) is 5.02 Å². The quantitative estimate of drug-likeness (QED) is 0.772. The summed E-state index contributed by atoms with van der Waals surface area (Å²) in [7, 11) is 0. The third-order valence-electron chi connectivity index (χ3n) is 3.47. The molecule has 0 atom stereocenters. The average Bonchev–Trinajstić information content (AvgIpc) is 2.45. The van der Waals surface area contributed by atoms with Crippen LogP contribution in [0.15, 0.2) is 24.3 Å². The molecule has 1 aromatic rings. The highest BCUT2D eigenvalue weighted by Gasteiger charge is 2.12. The molecule has 0 spiro atoms. The molecule has 19 heavy (non-hydrogen) atoms. The maximum atomic E-state index is 6.03. The largest absolute Gasteiger partial charge is 0.492 e. The molecule has 3 nitrogen and oxygen atoms in total. The van der Waals surface area contributed by atoms with Gasteiger partial charge in [-0.05, 0) is 31.4 Å². The molecule has 2 rings (SSSR count). The van der Waals surface area contributed by atoms with E-state index in [0.717, 1.165) is 45.1 Å². The molecule has 1 saturated heterocycles. The van der Waals surface area contributed by atoms with Gasteiger partial charge in [-0.15, -0.1) is 0 Å². The van der Waals surface area contributed by atoms with Gasteiger partial charge in [0, 0.05) is 0 Å². The fourth-order valence-corrected chi connectivity index (χ4v) is 2.50. The van der Waals surface area contributed by atoms with Crippen LogP contribution in [-0.4, -0.2) is 39.5 Å². The minimum Gasteiger partial charge on any atom is -0.492 e. The summed E-state index contributed by atoms with van der Waals surface area (Å²) in [5.74, 6) is 0.794. The molecule has 0 aromatic heterocycles. The van der Waals surface area contributed by atoms with Crippen molar-refractivity contribution in [1.82, 2.24) is 0 Å². The zero-order valence-electron chi connectivity index (χ0n) is 11.4. The van der Waals surface area contributed by atoms with Crippen molar-refractivity contribution in [2.75, 3.05) is 39.5 Å². The van der Waals surface area contributed by atoms with Gasteiger partial charge in [-0.25, -0.2) is 0 Å². The van der Waals surface area contributed by atoms with Crippen LogP contribution in [0.25, 0.3) is 0 Å². The first-order valence-electron chi connectivity index (χ1n) is 7.15. The van der Waals surface area contributed by atoms with E-state index in [1.165, 1.54) is 19.4 Å². The van der Waals surface area contributed by atoms with E-state index in [2.05, 4.69) is 0 Å². The molecule has 0 aliphatic carbocycles. The Labute approximate surface area is 120 Å². The number of unbranched alkanes of at least 4 members (excludes halogenated alkanes) is 2. The highest BCUT2D eigenvalue weighted by atomic mass is 35.5. The third kappa shape index (κ3) is 5.39. The molecule has 0 bridgehead atoms. The Morgan fingerprint density at radius 3 is 2.68 bits per heavy atom. The lowest BCUT2D eigenvalue weighted by Crippen LogP contribution is -3.14. The fraction of sp³-hybridized carbons (Fsp3) is 0.600. The average molecular weight is 285 g/mol. The number of hydrogen-bond donors (Lipinski definition) is 1. The van der Waals surface area contributed by atoms with Crippen LogP contribution in [0.5, 0.6) is 5.75 Å². The predicted octanol–water partition coefficient (Wildman–Crippen LogP) is 1.80. The molecular formula is C15H23ClNO2+. The van der Waals surface area contributed by atoms with Crippen molar-refractivity contribution in [3.8, 4) is 5.75 Å². The van der Waals surface area contributed by atoms with Gasteiger partial charge in [0.15, 0.2) is 0 Å². The molecule has 0 amide bonds. The molecule has 1 aromatic carbocycles. The Morgan fingerprint density at radius 2 is 1.89 bits per heavy atom. The summed E-state index contributed by atoms with van der Waals surface area (Å²) >= 11 is 6.03. The van der Waals surface area contributed by atoms with E-state index >= 15 is 0 Å². The number of morpholine rings is 1. The van der Waals surface area contributed by atoms with Crippen LogP contribution in [0, 0.1) is 0 Å². The molecule has 1 aliphatic heterocycles. The summed E-state index contributed by atoms with van der Waals surface area (Å²) in [6.07, 6.45) is 3.57. The Bertz CT molecular complexity index is 367. The van der Waals surface area contributed by atoms with Gasteiger partial charge < -0.3 is 14.4 Å². The van der Waals surface area contributed by atoms with Crippen molar-refractivity contribution in [2.24, 2.45) is 0 Å². The fourth-order valence-electron chi connectivity index (χ4n) is 2.31. The van der Waals surface area contributed by atoms with Gasteiger partial charge in [-0.3, -0.25) is 0 Å². The van der Waals surface area contributed by atoms with E-state index in [9.17, 15) is 0 Å². The topological polar surface area (TPSA) is 22.9 Å². The SMILES string of the molecule is Clc1ccccc1OCCCCC[NH+]1CCOCC1. The van der Waals surface area contributed by atoms with Gasteiger partial charge >= 0.3 is 0 Å². The van der Waals surface area contributed by atoms with E-state index in [-0.39, 0.29) is 0 Å². The van der Waals surface area contributed by atoms with Crippen LogP contribution in [-0.2, 0) is 4.74 Å². The lowest BCUT2D eigenvalue weighted by atomic mass is 10.2. The van der Waals surface area contributed by atoms with Crippen LogP contribution < -0.4 is 9.64 Å². The van der Waals surface area contributed by atoms with Crippen LogP contribution in [0.4, 0.5) is 0 Å². The number of hydrogen-bond acceptors (Lipinski definition) is 2. The Morgan fingerprint density at radius 1 is 1.11 bits per heavy atom. The number of nitrogens with one attached hydrogen (secondary N) is 1. The minimum absolute atomic E-state index is 0.695.